The van der Waals surface area contributed by atoms with E-state index in [0.29, 0.717) is 29.2 Å². The number of benzene rings is 3. The van der Waals surface area contributed by atoms with Crippen molar-refractivity contribution in [1.29, 1.82) is 0 Å². The van der Waals surface area contributed by atoms with Gasteiger partial charge in [0.15, 0.2) is 0 Å². The Morgan fingerprint density at radius 1 is 1.06 bits per heavy atom. The third kappa shape index (κ3) is 6.48. The van der Waals surface area contributed by atoms with Crippen molar-refractivity contribution in [2.45, 2.75) is 17.6 Å². The van der Waals surface area contributed by atoms with Gasteiger partial charge in [0, 0.05) is 23.6 Å². The van der Waals surface area contributed by atoms with Gasteiger partial charge in [-0.15, -0.1) is 0 Å². The Kier molecular flexibility index (Phi) is 8.17. The molecular formula is C23H22ClFN2O3S2. The van der Waals surface area contributed by atoms with Crippen LogP contribution < -0.4 is 10.0 Å². The minimum Gasteiger partial charge on any atom is -0.351 e. The first-order valence-corrected chi connectivity index (χ1v) is 12.8. The van der Waals surface area contributed by atoms with Crippen LogP contribution in [0, 0.1) is 12.7 Å². The molecule has 0 bridgehead atoms. The summed E-state index contributed by atoms with van der Waals surface area (Å²) in [4.78, 5) is 12.5. The van der Waals surface area contributed by atoms with Crippen molar-refractivity contribution < 1.29 is 17.6 Å². The summed E-state index contributed by atoms with van der Waals surface area (Å²) in [6.07, 6.45) is 0. The molecule has 5 nitrogen and oxygen atoms in total. The second kappa shape index (κ2) is 10.8. The molecule has 0 saturated carbocycles. The standard InChI is InChI=1S/C23H22ClFN2O3S2/c1-16-6-9-19(10-7-16)32(29,30)27-22-11-8-17(14-20(22)24)23(28)26-12-13-31-15-18-4-2-3-5-21(18)25/h2-11,14,27H,12-13,15H2,1H3,(H,26,28). The summed E-state index contributed by atoms with van der Waals surface area (Å²) >= 11 is 7.72. The number of amides is 1. The minimum atomic E-state index is -3.80. The van der Waals surface area contributed by atoms with Crippen molar-refractivity contribution >= 4 is 45.0 Å². The summed E-state index contributed by atoms with van der Waals surface area (Å²) in [5.74, 6) is 0.565. The molecule has 3 aromatic carbocycles. The van der Waals surface area contributed by atoms with Crippen molar-refractivity contribution in [2.24, 2.45) is 0 Å². The molecule has 0 spiro atoms. The highest BCUT2D eigenvalue weighted by Crippen LogP contribution is 2.26. The van der Waals surface area contributed by atoms with E-state index in [-0.39, 0.29) is 27.3 Å². The van der Waals surface area contributed by atoms with Crippen LogP contribution in [0.2, 0.25) is 5.02 Å². The first-order chi connectivity index (χ1) is 15.3. The predicted molar refractivity (Wildman–Crippen MR) is 128 cm³/mol. The third-order valence-electron chi connectivity index (χ3n) is 4.55. The van der Waals surface area contributed by atoms with Gasteiger partial charge in [-0.1, -0.05) is 47.5 Å². The summed E-state index contributed by atoms with van der Waals surface area (Å²) in [6.45, 7) is 2.27. The van der Waals surface area contributed by atoms with E-state index >= 15 is 0 Å². The normalized spacial score (nSPS) is 11.2. The van der Waals surface area contributed by atoms with Crippen molar-refractivity contribution in [1.82, 2.24) is 5.32 Å². The number of anilines is 1. The fraction of sp³-hybridized carbons (Fsp3) is 0.174. The fourth-order valence-corrected chi connectivity index (χ4v) is 5.00. The maximum Gasteiger partial charge on any atom is 0.261 e. The Bertz CT molecular complexity index is 1200. The van der Waals surface area contributed by atoms with Crippen molar-refractivity contribution in [3.05, 3.63) is 94.3 Å². The highest BCUT2D eigenvalue weighted by atomic mass is 35.5. The molecule has 1 amide bonds. The highest BCUT2D eigenvalue weighted by Gasteiger charge is 2.16. The molecule has 0 fully saturated rings. The quantitative estimate of drug-likeness (QED) is 0.400. The molecule has 32 heavy (non-hydrogen) atoms. The number of sulfonamides is 1. The van der Waals surface area contributed by atoms with Crippen LogP contribution in [0.3, 0.4) is 0 Å². The van der Waals surface area contributed by atoms with E-state index in [0.717, 1.165) is 5.56 Å². The number of rotatable bonds is 9. The number of thioether (sulfide) groups is 1. The Balaban J connectivity index is 1.53. The number of halogens is 2. The van der Waals surface area contributed by atoms with Crippen LogP contribution in [0.25, 0.3) is 0 Å². The second-order valence-corrected chi connectivity index (χ2v) is 10.2. The Morgan fingerprint density at radius 3 is 2.47 bits per heavy atom. The summed E-state index contributed by atoms with van der Waals surface area (Å²) in [5, 5.41) is 2.89. The molecule has 2 N–H and O–H groups in total. The molecule has 9 heteroatoms. The fourth-order valence-electron chi connectivity index (χ4n) is 2.80. The molecule has 0 aliphatic carbocycles. The number of nitrogens with one attached hydrogen (secondary N) is 2. The highest BCUT2D eigenvalue weighted by molar-refractivity contribution is 7.98. The number of hydrogen-bond acceptors (Lipinski definition) is 4. The van der Waals surface area contributed by atoms with Gasteiger partial charge in [0.25, 0.3) is 15.9 Å². The molecule has 0 saturated heterocycles. The Labute approximate surface area is 196 Å². The molecule has 0 aromatic heterocycles. The van der Waals surface area contributed by atoms with E-state index in [1.54, 1.807) is 30.3 Å². The van der Waals surface area contributed by atoms with Gasteiger partial charge in [0.05, 0.1) is 15.6 Å². The van der Waals surface area contributed by atoms with Crippen LogP contribution >= 0.6 is 23.4 Å². The lowest BCUT2D eigenvalue weighted by molar-refractivity contribution is 0.0956. The molecule has 0 heterocycles. The van der Waals surface area contributed by atoms with Crippen molar-refractivity contribution in [2.75, 3.05) is 17.0 Å². The second-order valence-electron chi connectivity index (χ2n) is 7.01. The van der Waals surface area contributed by atoms with Gasteiger partial charge in [-0.2, -0.15) is 11.8 Å². The van der Waals surface area contributed by atoms with E-state index in [4.69, 9.17) is 11.6 Å². The van der Waals surface area contributed by atoms with Gasteiger partial charge in [-0.05, 0) is 48.9 Å². The van der Waals surface area contributed by atoms with Crippen LogP contribution in [0.5, 0.6) is 0 Å². The number of carbonyl (C=O) groups excluding carboxylic acids is 1. The largest absolute Gasteiger partial charge is 0.351 e. The van der Waals surface area contributed by atoms with Crippen LogP contribution in [0.15, 0.2) is 71.6 Å². The monoisotopic (exact) mass is 492 g/mol. The average Bonchev–Trinajstić information content (AvgIpc) is 2.76. The van der Waals surface area contributed by atoms with E-state index in [2.05, 4.69) is 10.0 Å². The van der Waals surface area contributed by atoms with Gasteiger partial charge in [-0.25, -0.2) is 12.8 Å². The maximum absolute atomic E-state index is 13.6. The summed E-state index contributed by atoms with van der Waals surface area (Å²) < 4.78 is 41.1. The number of carbonyl (C=O) groups is 1. The van der Waals surface area contributed by atoms with Gasteiger partial charge in [-0.3, -0.25) is 9.52 Å². The van der Waals surface area contributed by atoms with Crippen LogP contribution in [-0.2, 0) is 15.8 Å². The summed E-state index contributed by atoms with van der Waals surface area (Å²) in [7, 11) is -3.80. The zero-order valence-corrected chi connectivity index (χ0v) is 19.7. The third-order valence-corrected chi connectivity index (χ3v) is 7.26. The van der Waals surface area contributed by atoms with Gasteiger partial charge in [0.1, 0.15) is 5.82 Å². The van der Waals surface area contributed by atoms with E-state index in [1.165, 1.54) is 48.2 Å². The summed E-state index contributed by atoms with van der Waals surface area (Å²) in [5.41, 5.74) is 2.07. The zero-order chi connectivity index (χ0) is 23.1. The van der Waals surface area contributed by atoms with Crippen molar-refractivity contribution in [3.63, 3.8) is 0 Å². The molecule has 0 aliphatic rings. The van der Waals surface area contributed by atoms with Gasteiger partial charge in [0.2, 0.25) is 0 Å². The van der Waals surface area contributed by atoms with Crippen LogP contribution in [-0.4, -0.2) is 26.6 Å². The lowest BCUT2D eigenvalue weighted by Gasteiger charge is -2.11. The lowest BCUT2D eigenvalue weighted by atomic mass is 10.2. The molecule has 3 rings (SSSR count). The first-order valence-electron chi connectivity index (χ1n) is 9.74. The van der Waals surface area contributed by atoms with E-state index < -0.39 is 10.0 Å². The van der Waals surface area contributed by atoms with E-state index in [1.807, 2.05) is 6.92 Å². The van der Waals surface area contributed by atoms with E-state index in [9.17, 15) is 17.6 Å². The van der Waals surface area contributed by atoms with Gasteiger partial charge >= 0.3 is 0 Å². The molecule has 3 aromatic rings. The van der Waals surface area contributed by atoms with Crippen LogP contribution in [0.4, 0.5) is 10.1 Å². The predicted octanol–water partition coefficient (Wildman–Crippen LogP) is 5.25. The maximum atomic E-state index is 13.6. The molecule has 0 unspecified atom stereocenters. The smallest absolute Gasteiger partial charge is 0.261 e. The Hall–Kier alpha value is -2.55. The average molecular weight is 493 g/mol. The molecule has 0 radical (unpaired) electrons. The topological polar surface area (TPSA) is 75.3 Å². The first kappa shape index (κ1) is 24.1. The number of aryl methyl sites for hydroxylation is 1. The zero-order valence-electron chi connectivity index (χ0n) is 17.3. The number of hydrogen-bond donors (Lipinski definition) is 2. The molecule has 0 atom stereocenters. The Morgan fingerprint density at radius 2 is 1.78 bits per heavy atom. The lowest BCUT2D eigenvalue weighted by Crippen LogP contribution is -2.25. The SMILES string of the molecule is Cc1ccc(S(=O)(=O)Nc2ccc(C(=O)NCCSCc3ccccc3F)cc2Cl)cc1. The van der Waals surface area contributed by atoms with Crippen LogP contribution in [0.1, 0.15) is 21.5 Å². The minimum absolute atomic E-state index is 0.113. The summed E-state index contributed by atoms with van der Waals surface area (Å²) in [6, 6.07) is 17.4. The molecule has 0 aliphatic heterocycles. The van der Waals surface area contributed by atoms with Crippen molar-refractivity contribution in [3.8, 4) is 0 Å². The van der Waals surface area contributed by atoms with Gasteiger partial charge < -0.3 is 5.32 Å². The molecular weight excluding hydrogens is 471 g/mol. The molecule has 168 valence electrons.